The lowest BCUT2D eigenvalue weighted by Crippen LogP contribution is -2.27. The van der Waals surface area contributed by atoms with Gasteiger partial charge in [-0.3, -0.25) is 9.59 Å². The third-order valence-corrected chi connectivity index (χ3v) is 5.26. The quantitative estimate of drug-likeness (QED) is 0.736. The Bertz CT molecular complexity index is 937. The van der Waals surface area contributed by atoms with Gasteiger partial charge in [0.2, 0.25) is 5.91 Å². The number of aryl methyl sites for hydroxylation is 2. The molecule has 2 amide bonds. The van der Waals surface area contributed by atoms with Gasteiger partial charge in [-0.2, -0.15) is 11.3 Å². The molecule has 0 radical (unpaired) electrons. The monoisotopic (exact) mass is 350 g/mol. The molecular formula is C20H18N2O2S. The van der Waals surface area contributed by atoms with Crippen LogP contribution in [0.5, 0.6) is 0 Å². The second-order valence-electron chi connectivity index (χ2n) is 6.18. The maximum absolute atomic E-state index is 12.2. The Morgan fingerprint density at radius 2 is 1.88 bits per heavy atom. The highest BCUT2D eigenvalue weighted by Gasteiger charge is 2.16. The van der Waals surface area contributed by atoms with Gasteiger partial charge in [0.25, 0.3) is 5.91 Å². The molecule has 0 atom stereocenters. The van der Waals surface area contributed by atoms with Crippen molar-refractivity contribution in [1.82, 2.24) is 5.32 Å². The number of rotatable bonds is 5. The van der Waals surface area contributed by atoms with E-state index in [9.17, 15) is 9.59 Å². The van der Waals surface area contributed by atoms with Crippen molar-refractivity contribution >= 4 is 39.6 Å². The molecular weight excluding hydrogens is 332 g/mol. The number of amides is 2. The average Bonchev–Trinajstić information content (AvgIpc) is 3.28. The fourth-order valence-electron chi connectivity index (χ4n) is 3.35. The zero-order valence-corrected chi connectivity index (χ0v) is 14.5. The second-order valence-corrected chi connectivity index (χ2v) is 6.96. The zero-order valence-electron chi connectivity index (χ0n) is 13.7. The van der Waals surface area contributed by atoms with Crippen molar-refractivity contribution in [3.63, 3.8) is 0 Å². The predicted molar refractivity (Wildman–Crippen MR) is 101 cm³/mol. The van der Waals surface area contributed by atoms with Crippen LogP contribution in [-0.4, -0.2) is 18.4 Å². The second kappa shape index (κ2) is 6.69. The van der Waals surface area contributed by atoms with Crippen LogP contribution in [0.1, 0.15) is 27.9 Å². The van der Waals surface area contributed by atoms with Crippen LogP contribution in [0.25, 0.3) is 10.8 Å². The summed E-state index contributed by atoms with van der Waals surface area (Å²) in [5.74, 6) is -0.233. The molecule has 0 fully saturated rings. The molecule has 1 heterocycles. The van der Waals surface area contributed by atoms with Gasteiger partial charge in [0.05, 0.1) is 0 Å². The van der Waals surface area contributed by atoms with Gasteiger partial charge in [-0.25, -0.2) is 0 Å². The number of benzene rings is 2. The van der Waals surface area contributed by atoms with E-state index in [0.717, 1.165) is 23.9 Å². The maximum atomic E-state index is 12.2. The van der Waals surface area contributed by atoms with E-state index in [2.05, 4.69) is 28.8 Å². The van der Waals surface area contributed by atoms with E-state index >= 15 is 0 Å². The van der Waals surface area contributed by atoms with Crippen LogP contribution in [0.3, 0.4) is 0 Å². The van der Waals surface area contributed by atoms with Crippen molar-refractivity contribution in [3.8, 4) is 0 Å². The molecule has 0 bridgehead atoms. The summed E-state index contributed by atoms with van der Waals surface area (Å²) in [6, 6.07) is 12.1. The lowest BCUT2D eigenvalue weighted by atomic mass is 10.0. The Kier molecular flexibility index (Phi) is 4.24. The molecule has 4 rings (SSSR count). The average molecular weight is 350 g/mol. The van der Waals surface area contributed by atoms with Gasteiger partial charge >= 0.3 is 0 Å². The van der Waals surface area contributed by atoms with Gasteiger partial charge in [0, 0.05) is 35.0 Å². The maximum Gasteiger partial charge on any atom is 0.252 e. The lowest BCUT2D eigenvalue weighted by molar-refractivity contribution is -0.116. The van der Waals surface area contributed by atoms with Gasteiger partial charge in [-0.05, 0) is 46.9 Å². The van der Waals surface area contributed by atoms with Crippen molar-refractivity contribution in [2.75, 3.05) is 11.9 Å². The highest BCUT2D eigenvalue weighted by Crippen LogP contribution is 2.34. The Morgan fingerprint density at radius 3 is 2.68 bits per heavy atom. The Labute approximate surface area is 149 Å². The van der Waals surface area contributed by atoms with Crippen LogP contribution in [0.15, 0.2) is 47.2 Å². The van der Waals surface area contributed by atoms with Crippen LogP contribution < -0.4 is 10.6 Å². The largest absolute Gasteiger partial charge is 0.351 e. The molecule has 2 aromatic carbocycles. The first-order valence-corrected chi connectivity index (χ1v) is 9.30. The summed E-state index contributed by atoms with van der Waals surface area (Å²) >= 11 is 1.48. The standard InChI is InChI=1S/C20H18N2O2S/c23-18(8-10-21-20(24)15-9-11-25-12-15)22-17-7-6-14-5-4-13-2-1-3-16(17)19(13)14/h1-3,6-7,9,11-12H,4-5,8,10H2,(H,21,24)(H,22,23). The summed E-state index contributed by atoms with van der Waals surface area (Å²) in [5, 5.41) is 11.8. The normalized spacial score (nSPS) is 12.3. The van der Waals surface area contributed by atoms with Crippen LogP contribution in [0.2, 0.25) is 0 Å². The molecule has 5 heteroatoms. The van der Waals surface area contributed by atoms with Gasteiger partial charge in [0.15, 0.2) is 0 Å². The summed E-state index contributed by atoms with van der Waals surface area (Å²) < 4.78 is 0. The SMILES string of the molecule is O=C(CCNC(=O)c1ccsc1)Nc1ccc2c3c(cccc13)CC2. The fraction of sp³-hybridized carbons (Fsp3) is 0.200. The van der Waals surface area contributed by atoms with Crippen molar-refractivity contribution < 1.29 is 9.59 Å². The van der Waals surface area contributed by atoms with Crippen LogP contribution in [-0.2, 0) is 17.6 Å². The number of hydrogen-bond acceptors (Lipinski definition) is 3. The number of thiophene rings is 1. The van der Waals surface area contributed by atoms with Crippen molar-refractivity contribution in [2.45, 2.75) is 19.3 Å². The summed E-state index contributed by atoms with van der Waals surface area (Å²) in [6.45, 7) is 0.321. The molecule has 1 aliphatic carbocycles. The van der Waals surface area contributed by atoms with Gasteiger partial charge < -0.3 is 10.6 Å². The number of carbonyl (C=O) groups is 2. The number of anilines is 1. The first kappa shape index (κ1) is 15.8. The zero-order chi connectivity index (χ0) is 17.2. The highest BCUT2D eigenvalue weighted by atomic mass is 32.1. The Hall–Kier alpha value is -2.66. The predicted octanol–water partition coefficient (Wildman–Crippen LogP) is 3.76. The number of nitrogens with one attached hydrogen (secondary N) is 2. The highest BCUT2D eigenvalue weighted by molar-refractivity contribution is 7.08. The molecule has 0 aliphatic heterocycles. The fourth-order valence-corrected chi connectivity index (χ4v) is 3.99. The van der Waals surface area contributed by atoms with Crippen molar-refractivity contribution in [2.24, 2.45) is 0 Å². The molecule has 1 aliphatic rings. The molecule has 4 nitrogen and oxygen atoms in total. The number of hydrogen-bond donors (Lipinski definition) is 2. The van der Waals surface area contributed by atoms with Crippen LogP contribution in [0.4, 0.5) is 5.69 Å². The minimum absolute atomic E-state index is 0.0932. The molecule has 0 unspecified atom stereocenters. The first-order chi connectivity index (χ1) is 12.2. The third-order valence-electron chi connectivity index (χ3n) is 4.57. The van der Waals surface area contributed by atoms with E-state index in [4.69, 9.17) is 0 Å². The van der Waals surface area contributed by atoms with Crippen LogP contribution in [0, 0.1) is 0 Å². The number of carbonyl (C=O) groups excluding carboxylic acids is 2. The van der Waals surface area contributed by atoms with E-state index in [0.29, 0.717) is 12.1 Å². The molecule has 0 saturated carbocycles. The molecule has 0 saturated heterocycles. The first-order valence-electron chi connectivity index (χ1n) is 8.36. The van der Waals surface area contributed by atoms with Gasteiger partial charge in [-0.1, -0.05) is 24.3 Å². The van der Waals surface area contributed by atoms with Crippen LogP contribution >= 0.6 is 11.3 Å². The topological polar surface area (TPSA) is 58.2 Å². The molecule has 126 valence electrons. The summed E-state index contributed by atoms with van der Waals surface area (Å²) in [5.41, 5.74) is 4.19. The van der Waals surface area contributed by atoms with E-state index < -0.39 is 0 Å². The molecule has 3 aromatic rings. The van der Waals surface area contributed by atoms with E-state index in [1.54, 1.807) is 11.4 Å². The van der Waals surface area contributed by atoms with E-state index in [-0.39, 0.29) is 18.2 Å². The van der Waals surface area contributed by atoms with Crippen molar-refractivity contribution in [3.05, 3.63) is 63.8 Å². The van der Waals surface area contributed by atoms with Crippen molar-refractivity contribution in [1.29, 1.82) is 0 Å². The molecule has 25 heavy (non-hydrogen) atoms. The smallest absolute Gasteiger partial charge is 0.252 e. The van der Waals surface area contributed by atoms with E-state index in [1.807, 2.05) is 17.5 Å². The summed E-state index contributed by atoms with van der Waals surface area (Å²) in [7, 11) is 0. The summed E-state index contributed by atoms with van der Waals surface area (Å²) in [4.78, 5) is 24.1. The van der Waals surface area contributed by atoms with E-state index in [1.165, 1.54) is 27.8 Å². The Balaban J connectivity index is 1.40. The summed E-state index contributed by atoms with van der Waals surface area (Å²) in [6.07, 6.45) is 2.39. The minimum atomic E-state index is -0.139. The minimum Gasteiger partial charge on any atom is -0.351 e. The lowest BCUT2D eigenvalue weighted by Gasteiger charge is -2.11. The Morgan fingerprint density at radius 1 is 1.04 bits per heavy atom. The molecule has 1 aromatic heterocycles. The van der Waals surface area contributed by atoms with Gasteiger partial charge in [0.1, 0.15) is 0 Å². The third kappa shape index (κ3) is 3.15. The molecule has 2 N–H and O–H groups in total. The molecule has 0 spiro atoms. The van der Waals surface area contributed by atoms with Gasteiger partial charge in [-0.15, -0.1) is 0 Å².